The SMILES string of the molecule is CCOC(=O)C1=NN(c2ccccc2)[C@@]2(S1)SC(c1ccc(Br)cc1)(c1ccc(Br)cc1)c1ccccc12. The predicted octanol–water partition coefficient (Wildman–Crippen LogP) is 8.49. The normalized spacial score (nSPS) is 19.3. The molecule has 4 nitrogen and oxygen atoms in total. The zero-order chi connectivity index (χ0) is 26.3. The van der Waals surface area contributed by atoms with E-state index in [0.29, 0.717) is 11.7 Å². The van der Waals surface area contributed by atoms with Crippen LogP contribution >= 0.6 is 55.4 Å². The van der Waals surface area contributed by atoms with Crippen LogP contribution in [-0.4, -0.2) is 17.6 Å². The maximum atomic E-state index is 13.0. The first-order valence-corrected chi connectivity index (χ1v) is 15.3. The average Bonchev–Trinajstić information content (AvgIpc) is 3.47. The number of hydrogen-bond acceptors (Lipinski definition) is 6. The number of fused-ring (bicyclic) bond motifs is 2. The van der Waals surface area contributed by atoms with Gasteiger partial charge in [-0.2, -0.15) is 5.10 Å². The Kier molecular flexibility index (Phi) is 6.93. The second-order valence-electron chi connectivity index (χ2n) is 8.80. The smallest absolute Gasteiger partial charge is 0.365 e. The number of hydrogen-bond donors (Lipinski definition) is 0. The van der Waals surface area contributed by atoms with Crippen molar-refractivity contribution in [2.75, 3.05) is 11.6 Å². The van der Waals surface area contributed by atoms with Crippen molar-refractivity contribution < 1.29 is 9.53 Å². The van der Waals surface area contributed by atoms with Gasteiger partial charge in [0.2, 0.25) is 5.04 Å². The van der Waals surface area contributed by atoms with E-state index in [-0.39, 0.29) is 0 Å². The number of thioether (sulfide) groups is 2. The Balaban J connectivity index is 1.62. The van der Waals surface area contributed by atoms with Gasteiger partial charge in [-0.15, -0.1) is 0 Å². The van der Waals surface area contributed by atoms with E-state index in [2.05, 4.69) is 105 Å². The third kappa shape index (κ3) is 4.13. The van der Waals surface area contributed by atoms with Gasteiger partial charge >= 0.3 is 5.97 Å². The zero-order valence-electron chi connectivity index (χ0n) is 20.3. The first kappa shape index (κ1) is 25.7. The summed E-state index contributed by atoms with van der Waals surface area (Å²) in [5.74, 6) is -0.404. The summed E-state index contributed by atoms with van der Waals surface area (Å²) < 4.78 is 6.16. The number of rotatable bonds is 5. The summed E-state index contributed by atoms with van der Waals surface area (Å²) >= 11 is 10.5. The van der Waals surface area contributed by atoms with E-state index >= 15 is 0 Å². The van der Waals surface area contributed by atoms with Crippen molar-refractivity contribution in [3.63, 3.8) is 0 Å². The first-order valence-electron chi connectivity index (χ1n) is 12.1. The molecule has 0 saturated heterocycles. The molecule has 8 heteroatoms. The number of nitrogens with zero attached hydrogens (tertiary/aromatic N) is 2. The lowest BCUT2D eigenvalue weighted by molar-refractivity contribution is -0.134. The Bertz CT molecular complexity index is 1480. The molecule has 4 aromatic rings. The van der Waals surface area contributed by atoms with E-state index in [1.54, 1.807) is 11.8 Å². The van der Waals surface area contributed by atoms with Crippen molar-refractivity contribution in [2.24, 2.45) is 5.10 Å². The van der Waals surface area contributed by atoms with Crippen molar-refractivity contribution in [3.05, 3.63) is 134 Å². The molecule has 0 N–H and O–H groups in total. The van der Waals surface area contributed by atoms with E-state index in [0.717, 1.165) is 31.3 Å². The van der Waals surface area contributed by atoms with Gasteiger partial charge in [0, 0.05) is 14.5 Å². The molecule has 1 atom stereocenters. The maximum Gasteiger partial charge on any atom is 0.365 e. The molecule has 0 bridgehead atoms. The monoisotopic (exact) mass is 664 g/mol. The lowest BCUT2D eigenvalue weighted by Gasteiger charge is -2.37. The lowest BCUT2D eigenvalue weighted by Crippen LogP contribution is -2.34. The Hall–Kier alpha value is -2.52. The highest BCUT2D eigenvalue weighted by Crippen LogP contribution is 2.70. The van der Waals surface area contributed by atoms with Crippen molar-refractivity contribution in [1.82, 2.24) is 0 Å². The number of ether oxygens (including phenoxy) is 1. The second kappa shape index (κ2) is 10.2. The fraction of sp³-hybridized carbons (Fsp3) is 0.133. The molecule has 1 spiro atoms. The van der Waals surface area contributed by atoms with E-state index in [1.165, 1.54) is 17.3 Å². The number of para-hydroxylation sites is 1. The highest BCUT2D eigenvalue weighted by atomic mass is 79.9. The van der Waals surface area contributed by atoms with E-state index in [9.17, 15) is 4.79 Å². The predicted molar refractivity (Wildman–Crippen MR) is 164 cm³/mol. The van der Waals surface area contributed by atoms with Crippen LogP contribution in [0.3, 0.4) is 0 Å². The fourth-order valence-electron chi connectivity index (χ4n) is 5.00. The van der Waals surface area contributed by atoms with Crippen LogP contribution in [0.5, 0.6) is 0 Å². The van der Waals surface area contributed by atoms with Crippen LogP contribution in [0.2, 0.25) is 0 Å². The minimum absolute atomic E-state index is 0.294. The second-order valence-corrected chi connectivity index (χ2v) is 13.5. The third-order valence-electron chi connectivity index (χ3n) is 6.60. The fourth-order valence-corrected chi connectivity index (χ4v) is 9.09. The van der Waals surface area contributed by atoms with E-state index in [4.69, 9.17) is 9.84 Å². The average molecular weight is 666 g/mol. The number of carbonyl (C=O) groups is 1. The highest BCUT2D eigenvalue weighted by molar-refractivity contribution is 9.10. The number of esters is 1. The Morgan fingerprint density at radius 1 is 0.816 bits per heavy atom. The zero-order valence-corrected chi connectivity index (χ0v) is 25.1. The maximum absolute atomic E-state index is 13.0. The molecule has 0 radical (unpaired) electrons. The molecule has 0 amide bonds. The van der Waals surface area contributed by atoms with Gasteiger partial charge < -0.3 is 4.74 Å². The van der Waals surface area contributed by atoms with Crippen molar-refractivity contribution in [1.29, 1.82) is 0 Å². The first-order chi connectivity index (χ1) is 18.5. The molecule has 6 rings (SSSR count). The Morgan fingerprint density at radius 2 is 1.37 bits per heavy atom. The largest absolute Gasteiger partial charge is 0.461 e. The molecule has 2 aliphatic heterocycles. The minimum atomic E-state index is -0.736. The van der Waals surface area contributed by atoms with Crippen LogP contribution in [0.25, 0.3) is 0 Å². The van der Waals surface area contributed by atoms with Crippen molar-refractivity contribution in [2.45, 2.75) is 15.9 Å². The molecule has 0 saturated carbocycles. The van der Waals surface area contributed by atoms with Gasteiger partial charge in [0.05, 0.1) is 17.0 Å². The summed E-state index contributed by atoms with van der Waals surface area (Å²) in [7, 11) is 0. The quantitative estimate of drug-likeness (QED) is 0.200. The van der Waals surface area contributed by atoms with Crippen molar-refractivity contribution in [3.8, 4) is 0 Å². The molecule has 0 unspecified atom stereocenters. The molecular weight excluding hydrogens is 644 g/mol. The standard InChI is InChI=1S/C30H22Br2N2O2S2/c1-2-36-28(35)27-33-34(24-8-4-3-5-9-24)30(37-27)26-11-7-6-10-25(26)29(38-30,20-12-16-22(31)17-13-20)21-14-18-23(32)19-15-21/h3-19H,2H2,1H3/t30-/m0/s1. The highest BCUT2D eigenvalue weighted by Gasteiger charge is 2.61. The molecule has 2 aliphatic rings. The van der Waals surface area contributed by atoms with Gasteiger partial charge in [-0.1, -0.05) is 122 Å². The number of benzene rings is 4. The van der Waals surface area contributed by atoms with E-state index in [1.807, 2.05) is 42.3 Å². The number of hydrazone groups is 1. The molecule has 0 aromatic heterocycles. The van der Waals surface area contributed by atoms with E-state index < -0.39 is 14.9 Å². The minimum Gasteiger partial charge on any atom is -0.461 e. The summed E-state index contributed by atoms with van der Waals surface area (Å²) in [4.78, 5) is 13.0. The van der Waals surface area contributed by atoms with Gasteiger partial charge in [0.25, 0.3) is 0 Å². The van der Waals surface area contributed by atoms with Gasteiger partial charge in [0.15, 0.2) is 4.20 Å². The Labute approximate surface area is 247 Å². The summed E-state index contributed by atoms with van der Waals surface area (Å²) in [5, 5.41) is 7.24. The lowest BCUT2D eigenvalue weighted by atomic mass is 9.82. The molecule has 38 heavy (non-hydrogen) atoms. The molecule has 4 aromatic carbocycles. The molecule has 2 heterocycles. The molecule has 0 aliphatic carbocycles. The van der Waals surface area contributed by atoms with Crippen LogP contribution in [0.4, 0.5) is 5.69 Å². The van der Waals surface area contributed by atoms with Crippen LogP contribution in [-0.2, 0) is 18.5 Å². The van der Waals surface area contributed by atoms with Gasteiger partial charge in [-0.3, -0.25) is 0 Å². The summed E-state index contributed by atoms with van der Waals surface area (Å²) in [6.45, 7) is 2.11. The van der Waals surface area contributed by atoms with Gasteiger partial charge in [-0.05, 0) is 60.0 Å². The third-order valence-corrected chi connectivity index (χ3v) is 10.9. The van der Waals surface area contributed by atoms with Gasteiger partial charge in [-0.25, -0.2) is 9.80 Å². The topological polar surface area (TPSA) is 41.9 Å². The molecule has 190 valence electrons. The van der Waals surface area contributed by atoms with Crippen LogP contribution in [0.15, 0.2) is 117 Å². The van der Waals surface area contributed by atoms with Crippen LogP contribution in [0.1, 0.15) is 29.2 Å². The number of carbonyl (C=O) groups excluding carboxylic acids is 1. The number of halogens is 2. The van der Waals surface area contributed by atoms with Crippen molar-refractivity contribution >= 4 is 72.1 Å². The number of anilines is 1. The van der Waals surface area contributed by atoms with Crippen LogP contribution in [0, 0.1) is 0 Å². The summed E-state index contributed by atoms with van der Waals surface area (Å²) in [6, 6.07) is 35.6. The summed E-state index contributed by atoms with van der Waals surface area (Å²) in [6.07, 6.45) is 0. The van der Waals surface area contributed by atoms with Crippen LogP contribution < -0.4 is 5.01 Å². The Morgan fingerprint density at radius 3 is 1.95 bits per heavy atom. The molecular formula is C30H22Br2N2O2S2. The van der Waals surface area contributed by atoms with Gasteiger partial charge in [0.1, 0.15) is 0 Å². The summed E-state index contributed by atoms with van der Waals surface area (Å²) in [5.41, 5.74) is 5.48. The molecule has 0 fully saturated rings.